The van der Waals surface area contributed by atoms with Crippen LogP contribution in [-0.4, -0.2) is 73.6 Å². The highest BCUT2D eigenvalue weighted by atomic mass is 32.2. The van der Waals surface area contributed by atoms with E-state index in [4.69, 9.17) is 31.2 Å². The number of amides is 2. The zero-order chi connectivity index (χ0) is 30.9. The average Bonchev–Trinajstić information content (AvgIpc) is 2.89. The van der Waals surface area contributed by atoms with Gasteiger partial charge in [0.25, 0.3) is 0 Å². The molecule has 0 aromatic rings. The number of carbonyl (C=O) groups excluding carboxylic acids is 4. The molecule has 0 saturated carbocycles. The van der Waals surface area contributed by atoms with E-state index in [1.165, 1.54) is 26.0 Å². The maximum Gasteiger partial charge on any atom is 0.325 e. The third kappa shape index (κ3) is 13.5. The van der Waals surface area contributed by atoms with Crippen LogP contribution in [0.1, 0.15) is 87.0 Å². The minimum atomic E-state index is -1.89. The topological polar surface area (TPSA) is 129 Å². The molecule has 10 nitrogen and oxygen atoms in total. The van der Waals surface area contributed by atoms with Gasteiger partial charge < -0.3 is 29.6 Å². The molecule has 0 fully saturated rings. The van der Waals surface area contributed by atoms with Crippen molar-refractivity contribution in [1.82, 2.24) is 10.6 Å². The number of unbranched alkanes of at least 4 members (excludes halogenated alkanes) is 3. The van der Waals surface area contributed by atoms with E-state index in [2.05, 4.69) is 17.6 Å². The van der Waals surface area contributed by atoms with Crippen LogP contribution in [0, 0.1) is 16.7 Å². The van der Waals surface area contributed by atoms with E-state index in [0.29, 0.717) is 17.4 Å². The third-order valence-corrected chi connectivity index (χ3v) is 7.55. The van der Waals surface area contributed by atoms with E-state index in [1.807, 2.05) is 20.8 Å². The quantitative estimate of drug-likeness (QED) is 0.0766. The summed E-state index contributed by atoms with van der Waals surface area (Å²) in [4.78, 5) is 51.6. The summed E-state index contributed by atoms with van der Waals surface area (Å²) < 4.78 is 21.3. The molecule has 40 heavy (non-hydrogen) atoms. The fourth-order valence-electron chi connectivity index (χ4n) is 4.22. The predicted molar refractivity (Wildman–Crippen MR) is 161 cm³/mol. The highest BCUT2D eigenvalue weighted by Gasteiger charge is 2.57. The van der Waals surface area contributed by atoms with E-state index >= 15 is 0 Å². The van der Waals surface area contributed by atoms with E-state index in [1.54, 1.807) is 20.8 Å². The van der Waals surface area contributed by atoms with Gasteiger partial charge in [-0.2, -0.15) is 0 Å². The van der Waals surface area contributed by atoms with Gasteiger partial charge in [-0.3, -0.25) is 14.4 Å². The Morgan fingerprint density at radius 3 is 2.00 bits per heavy atom. The van der Waals surface area contributed by atoms with Crippen molar-refractivity contribution in [2.24, 2.45) is 16.7 Å². The van der Waals surface area contributed by atoms with Crippen LogP contribution in [0.3, 0.4) is 0 Å². The molecular weight excluding hydrogens is 556 g/mol. The summed E-state index contributed by atoms with van der Waals surface area (Å²) in [6, 6.07) is -1.77. The molecule has 2 unspecified atom stereocenters. The van der Waals surface area contributed by atoms with Crippen LogP contribution in [-0.2, 0) is 33.3 Å². The molecule has 0 radical (unpaired) electrons. The number of methoxy groups -OCH3 is 2. The first-order chi connectivity index (χ1) is 18.7. The molecule has 2 amide bonds. The van der Waals surface area contributed by atoms with Crippen molar-refractivity contribution in [2.75, 3.05) is 34.0 Å². The lowest BCUT2D eigenvalue weighted by Gasteiger charge is -2.40. The molecular formula is C28H50N2O8S2. The monoisotopic (exact) mass is 606 g/mol. The number of thioether (sulfide) groups is 1. The Kier molecular flexibility index (Phi) is 18.1. The molecule has 0 saturated heterocycles. The van der Waals surface area contributed by atoms with Crippen molar-refractivity contribution in [3.63, 3.8) is 0 Å². The molecule has 0 aliphatic heterocycles. The number of esters is 3. The SMILES string of the molecule is CCCCCCC(CC(C(=O)OC)(C(=O)OC)C(NC(=O)NCC(=O)OCC)C(C)C)SC(=S)OCC(C)(C)C. The van der Waals surface area contributed by atoms with Crippen LogP contribution in [0.2, 0.25) is 0 Å². The lowest BCUT2D eigenvalue weighted by molar-refractivity contribution is -0.173. The number of ether oxygens (including phenoxy) is 4. The van der Waals surface area contributed by atoms with Gasteiger partial charge in [-0.15, -0.1) is 0 Å². The Labute approximate surface area is 249 Å². The fraction of sp³-hybridized carbons (Fsp3) is 0.821. The largest absolute Gasteiger partial charge is 0.478 e. The zero-order valence-corrected chi connectivity index (χ0v) is 27.3. The number of nitrogens with one attached hydrogen (secondary N) is 2. The van der Waals surface area contributed by atoms with Crippen molar-refractivity contribution < 1.29 is 38.1 Å². The number of rotatable bonds is 17. The Morgan fingerprint density at radius 2 is 1.52 bits per heavy atom. The van der Waals surface area contributed by atoms with Crippen LogP contribution in [0.5, 0.6) is 0 Å². The first kappa shape index (κ1) is 37.9. The van der Waals surface area contributed by atoms with Crippen molar-refractivity contribution in [3.05, 3.63) is 0 Å². The molecule has 0 aromatic heterocycles. The van der Waals surface area contributed by atoms with E-state index in [9.17, 15) is 19.2 Å². The normalized spacial score (nSPS) is 13.2. The predicted octanol–water partition coefficient (Wildman–Crippen LogP) is 5.02. The second kappa shape index (κ2) is 19.1. The molecule has 0 aliphatic rings. The van der Waals surface area contributed by atoms with Gasteiger partial charge in [-0.1, -0.05) is 79.0 Å². The minimum absolute atomic E-state index is 0.0108. The van der Waals surface area contributed by atoms with Crippen LogP contribution in [0.15, 0.2) is 0 Å². The van der Waals surface area contributed by atoms with Gasteiger partial charge in [-0.25, -0.2) is 4.79 Å². The highest BCUT2D eigenvalue weighted by Crippen LogP contribution is 2.40. The molecule has 232 valence electrons. The number of hydrogen-bond acceptors (Lipinski definition) is 10. The number of thiocarbonyl (C=S) groups is 1. The maximum atomic E-state index is 13.5. The molecule has 0 heterocycles. The Balaban J connectivity index is 6.37. The van der Waals surface area contributed by atoms with Crippen LogP contribution >= 0.6 is 24.0 Å². The molecule has 2 atom stereocenters. The number of hydrogen-bond donors (Lipinski definition) is 2. The van der Waals surface area contributed by atoms with Crippen molar-refractivity contribution in [1.29, 1.82) is 0 Å². The van der Waals surface area contributed by atoms with Gasteiger partial charge in [-0.05, 0) is 43.3 Å². The van der Waals surface area contributed by atoms with Crippen molar-refractivity contribution >= 4 is 52.3 Å². The smallest absolute Gasteiger partial charge is 0.325 e. The molecule has 0 aliphatic carbocycles. The second-order valence-electron chi connectivity index (χ2n) is 11.2. The summed E-state index contributed by atoms with van der Waals surface area (Å²) in [5, 5.41) is 4.85. The number of urea groups is 1. The molecule has 0 aromatic carbocycles. The van der Waals surface area contributed by atoms with Crippen LogP contribution in [0.25, 0.3) is 0 Å². The maximum absolute atomic E-state index is 13.5. The standard InChI is InChI=1S/C28H50N2O8S2/c1-10-12-13-14-15-20(40-26(39)38-18-27(5,6)7)16-28(23(32)35-8,24(33)36-9)22(19(3)4)30-25(34)29-17-21(31)37-11-2/h19-20,22H,10-18H2,1-9H3,(H2,29,30,34). The lowest BCUT2D eigenvalue weighted by Crippen LogP contribution is -2.61. The Hall–Kier alpha value is -2.08. The lowest BCUT2D eigenvalue weighted by atomic mass is 9.71. The Morgan fingerprint density at radius 1 is 0.925 bits per heavy atom. The van der Waals surface area contributed by atoms with Gasteiger partial charge in [0.2, 0.25) is 4.38 Å². The highest BCUT2D eigenvalue weighted by molar-refractivity contribution is 8.23. The van der Waals surface area contributed by atoms with Crippen molar-refractivity contribution in [3.8, 4) is 0 Å². The van der Waals surface area contributed by atoms with Gasteiger partial charge >= 0.3 is 23.9 Å². The summed E-state index contributed by atoms with van der Waals surface area (Å²) in [7, 11) is 2.39. The Bertz CT molecular complexity index is 814. The second-order valence-corrected chi connectivity index (χ2v) is 13.1. The zero-order valence-electron chi connectivity index (χ0n) is 25.7. The molecule has 2 N–H and O–H groups in total. The van der Waals surface area contributed by atoms with Crippen LogP contribution in [0.4, 0.5) is 4.79 Å². The first-order valence-electron chi connectivity index (χ1n) is 13.9. The minimum Gasteiger partial charge on any atom is -0.478 e. The molecule has 0 spiro atoms. The van der Waals surface area contributed by atoms with E-state index in [0.717, 1.165) is 25.7 Å². The summed E-state index contributed by atoms with van der Waals surface area (Å²) in [6.45, 7) is 13.6. The summed E-state index contributed by atoms with van der Waals surface area (Å²) in [6.07, 6.45) is 4.58. The summed E-state index contributed by atoms with van der Waals surface area (Å²) >= 11 is 6.83. The third-order valence-electron chi connectivity index (χ3n) is 6.10. The van der Waals surface area contributed by atoms with E-state index < -0.39 is 41.3 Å². The molecule has 0 rings (SSSR count). The van der Waals surface area contributed by atoms with Gasteiger partial charge in [0, 0.05) is 5.25 Å². The molecule has 12 heteroatoms. The van der Waals surface area contributed by atoms with E-state index in [-0.39, 0.29) is 30.2 Å². The summed E-state index contributed by atoms with van der Waals surface area (Å²) in [5.41, 5.74) is -1.99. The number of carbonyl (C=O) groups is 4. The average molecular weight is 607 g/mol. The van der Waals surface area contributed by atoms with Gasteiger partial charge in [0.15, 0.2) is 5.41 Å². The fourth-order valence-corrected chi connectivity index (χ4v) is 5.71. The van der Waals surface area contributed by atoms with Crippen LogP contribution < -0.4 is 10.6 Å². The van der Waals surface area contributed by atoms with Gasteiger partial charge in [0.05, 0.1) is 33.5 Å². The summed E-state index contributed by atoms with van der Waals surface area (Å²) in [5.74, 6) is -2.67. The first-order valence-corrected chi connectivity index (χ1v) is 15.2. The molecule has 0 bridgehead atoms. The van der Waals surface area contributed by atoms with Gasteiger partial charge in [0.1, 0.15) is 6.54 Å². The van der Waals surface area contributed by atoms with Crippen molar-refractivity contribution in [2.45, 2.75) is 98.3 Å².